The van der Waals surface area contributed by atoms with Gasteiger partial charge in [-0.15, -0.1) is 0 Å². The molecule has 0 amide bonds. The Morgan fingerprint density at radius 2 is 2.04 bits per heavy atom. The number of ether oxygens (including phenoxy) is 2. The average Bonchev–Trinajstić information content (AvgIpc) is 2.65. The van der Waals surface area contributed by atoms with E-state index in [1.54, 1.807) is 14.2 Å². The molecule has 1 saturated heterocycles. The zero-order valence-electron chi connectivity index (χ0n) is 16.8. The van der Waals surface area contributed by atoms with Crippen LogP contribution in [0.15, 0.2) is 29.3 Å². The Balaban J connectivity index is 2.03. The van der Waals surface area contributed by atoms with Crippen molar-refractivity contribution in [3.63, 3.8) is 0 Å². The van der Waals surface area contributed by atoms with Gasteiger partial charge in [0.1, 0.15) is 0 Å². The average molecular weight is 363 g/mol. The molecular formula is C20H34N4O2. The molecule has 1 unspecified atom stereocenters. The van der Waals surface area contributed by atoms with Crippen molar-refractivity contribution in [2.75, 3.05) is 53.6 Å². The molecule has 1 atom stereocenters. The first-order valence-electron chi connectivity index (χ1n) is 9.33. The van der Waals surface area contributed by atoms with Crippen LogP contribution in [-0.4, -0.2) is 70.0 Å². The Bertz CT molecular complexity index is 583. The lowest BCUT2D eigenvalue weighted by Crippen LogP contribution is -2.49. The highest BCUT2D eigenvalue weighted by atomic mass is 16.5. The van der Waals surface area contributed by atoms with Gasteiger partial charge in [0.2, 0.25) is 0 Å². The fraction of sp³-hybridized carbons (Fsp3) is 0.650. The second-order valence-corrected chi connectivity index (χ2v) is 7.35. The summed E-state index contributed by atoms with van der Waals surface area (Å²) in [7, 11) is 3.52. The van der Waals surface area contributed by atoms with Crippen molar-refractivity contribution in [3.8, 4) is 0 Å². The van der Waals surface area contributed by atoms with E-state index in [4.69, 9.17) is 9.47 Å². The maximum Gasteiger partial charge on any atom is 0.191 e. The summed E-state index contributed by atoms with van der Waals surface area (Å²) in [6.07, 6.45) is 0. The molecule has 1 aromatic carbocycles. The van der Waals surface area contributed by atoms with Crippen LogP contribution in [0.2, 0.25) is 0 Å². The number of nitrogens with zero attached hydrogens (tertiary/aromatic N) is 2. The summed E-state index contributed by atoms with van der Waals surface area (Å²) in [5, 5.41) is 6.83. The van der Waals surface area contributed by atoms with E-state index in [2.05, 4.69) is 65.6 Å². The maximum absolute atomic E-state index is 5.53. The number of guanidine groups is 1. The monoisotopic (exact) mass is 362 g/mol. The largest absolute Gasteiger partial charge is 0.379 e. The number of aryl methyl sites for hydroxylation is 1. The fourth-order valence-electron chi connectivity index (χ4n) is 3.01. The van der Waals surface area contributed by atoms with Crippen molar-refractivity contribution in [2.24, 2.45) is 4.99 Å². The van der Waals surface area contributed by atoms with Gasteiger partial charge in [0.15, 0.2) is 5.96 Å². The highest BCUT2D eigenvalue weighted by Gasteiger charge is 2.23. The predicted molar refractivity (Wildman–Crippen MR) is 107 cm³/mol. The van der Waals surface area contributed by atoms with Crippen LogP contribution < -0.4 is 10.6 Å². The molecule has 26 heavy (non-hydrogen) atoms. The van der Waals surface area contributed by atoms with E-state index in [9.17, 15) is 0 Å². The van der Waals surface area contributed by atoms with Gasteiger partial charge in [-0.1, -0.05) is 29.8 Å². The van der Waals surface area contributed by atoms with E-state index in [0.29, 0.717) is 6.54 Å². The van der Waals surface area contributed by atoms with Gasteiger partial charge < -0.3 is 20.1 Å². The zero-order chi connectivity index (χ0) is 19.0. The molecule has 2 rings (SSSR count). The van der Waals surface area contributed by atoms with Crippen molar-refractivity contribution >= 4 is 5.96 Å². The molecule has 1 aliphatic heterocycles. The maximum atomic E-state index is 5.53. The van der Waals surface area contributed by atoms with Gasteiger partial charge in [-0.05, 0) is 26.3 Å². The second-order valence-electron chi connectivity index (χ2n) is 7.35. The molecule has 0 bridgehead atoms. The van der Waals surface area contributed by atoms with Crippen molar-refractivity contribution in [3.05, 3.63) is 35.4 Å². The minimum atomic E-state index is -0.238. The van der Waals surface area contributed by atoms with Crippen molar-refractivity contribution in [1.82, 2.24) is 15.5 Å². The molecule has 1 heterocycles. The molecule has 1 fully saturated rings. The van der Waals surface area contributed by atoms with E-state index in [0.717, 1.165) is 38.8 Å². The van der Waals surface area contributed by atoms with Crippen LogP contribution in [0.1, 0.15) is 31.0 Å². The first-order chi connectivity index (χ1) is 12.4. The molecule has 6 nitrogen and oxygen atoms in total. The molecule has 0 saturated carbocycles. The van der Waals surface area contributed by atoms with Gasteiger partial charge in [-0.3, -0.25) is 9.89 Å². The summed E-state index contributed by atoms with van der Waals surface area (Å²) in [6.45, 7) is 11.2. The number of nitrogens with one attached hydrogen (secondary N) is 2. The van der Waals surface area contributed by atoms with E-state index < -0.39 is 0 Å². The fourth-order valence-corrected chi connectivity index (χ4v) is 3.01. The molecule has 1 aliphatic rings. The number of hydrogen-bond donors (Lipinski definition) is 2. The summed E-state index contributed by atoms with van der Waals surface area (Å²) < 4.78 is 11.0. The molecule has 0 radical (unpaired) electrons. The normalized spacial score (nSPS) is 17.8. The molecular weight excluding hydrogens is 328 g/mol. The van der Waals surface area contributed by atoms with Gasteiger partial charge in [0, 0.05) is 40.3 Å². The predicted octanol–water partition coefficient (Wildman–Crippen LogP) is 1.96. The van der Waals surface area contributed by atoms with Gasteiger partial charge in [-0.25, -0.2) is 0 Å². The van der Waals surface area contributed by atoms with Crippen LogP contribution in [0.5, 0.6) is 0 Å². The van der Waals surface area contributed by atoms with Crippen molar-refractivity contribution < 1.29 is 9.47 Å². The summed E-state index contributed by atoms with van der Waals surface area (Å²) >= 11 is 0. The number of hydrogen-bond acceptors (Lipinski definition) is 4. The van der Waals surface area contributed by atoms with Gasteiger partial charge in [0.25, 0.3) is 0 Å². The standard InChI is InChI=1S/C20H34N4O2/c1-16-7-6-8-17(13-16)18(24-9-11-26-12-10-24)14-22-19(21-4)23-15-20(2,3)25-5/h6-8,13,18H,9-12,14-15H2,1-5H3,(H2,21,22,23). The number of morpholine rings is 1. The lowest BCUT2D eigenvalue weighted by Gasteiger charge is -2.35. The highest BCUT2D eigenvalue weighted by molar-refractivity contribution is 5.79. The number of benzene rings is 1. The summed E-state index contributed by atoms with van der Waals surface area (Å²) in [5.74, 6) is 0.793. The number of aliphatic imine (C=N–C) groups is 1. The van der Waals surface area contributed by atoms with Crippen LogP contribution in [-0.2, 0) is 9.47 Å². The molecule has 1 aromatic rings. The Morgan fingerprint density at radius 1 is 1.31 bits per heavy atom. The van der Waals surface area contributed by atoms with E-state index in [1.165, 1.54) is 11.1 Å². The molecule has 6 heteroatoms. The van der Waals surface area contributed by atoms with Gasteiger partial charge in [-0.2, -0.15) is 0 Å². The number of methoxy groups -OCH3 is 1. The lowest BCUT2D eigenvalue weighted by molar-refractivity contribution is 0.0167. The second kappa shape index (κ2) is 9.90. The van der Waals surface area contributed by atoms with Crippen molar-refractivity contribution in [1.29, 1.82) is 0 Å². The molecule has 146 valence electrons. The molecule has 0 spiro atoms. The van der Waals surface area contributed by atoms with Crippen molar-refractivity contribution in [2.45, 2.75) is 32.4 Å². The first-order valence-corrected chi connectivity index (χ1v) is 9.33. The van der Waals surface area contributed by atoms with Crippen LogP contribution >= 0.6 is 0 Å². The first kappa shape index (κ1) is 20.7. The highest BCUT2D eigenvalue weighted by Crippen LogP contribution is 2.22. The smallest absolute Gasteiger partial charge is 0.191 e. The summed E-state index contributed by atoms with van der Waals surface area (Å²) in [6, 6.07) is 9.03. The Labute approximate surface area is 158 Å². The third-order valence-electron chi connectivity index (χ3n) is 4.83. The minimum absolute atomic E-state index is 0.238. The third kappa shape index (κ3) is 6.27. The molecule has 0 aromatic heterocycles. The lowest BCUT2D eigenvalue weighted by atomic mass is 10.0. The van der Waals surface area contributed by atoms with Crippen LogP contribution in [0.3, 0.4) is 0 Å². The number of rotatable bonds is 7. The summed E-state index contributed by atoms with van der Waals surface area (Å²) in [5.41, 5.74) is 2.37. The molecule has 0 aliphatic carbocycles. The third-order valence-corrected chi connectivity index (χ3v) is 4.83. The Kier molecular flexibility index (Phi) is 7.87. The quantitative estimate of drug-likeness (QED) is 0.574. The zero-order valence-corrected chi connectivity index (χ0v) is 16.8. The minimum Gasteiger partial charge on any atom is -0.379 e. The SMILES string of the molecule is CN=C(NCC(c1cccc(C)c1)N1CCOCC1)NCC(C)(C)OC. The van der Waals surface area contributed by atoms with E-state index in [-0.39, 0.29) is 11.6 Å². The molecule has 2 N–H and O–H groups in total. The van der Waals surface area contributed by atoms with Gasteiger partial charge in [0.05, 0.1) is 24.9 Å². The summed E-state index contributed by atoms with van der Waals surface area (Å²) in [4.78, 5) is 6.83. The van der Waals surface area contributed by atoms with E-state index in [1.807, 2.05) is 0 Å². The van der Waals surface area contributed by atoms with Crippen LogP contribution in [0.25, 0.3) is 0 Å². The Morgan fingerprint density at radius 3 is 2.65 bits per heavy atom. The van der Waals surface area contributed by atoms with Crippen LogP contribution in [0, 0.1) is 6.92 Å². The Hall–Kier alpha value is -1.63. The van der Waals surface area contributed by atoms with E-state index >= 15 is 0 Å². The van der Waals surface area contributed by atoms with Crippen LogP contribution in [0.4, 0.5) is 0 Å². The van der Waals surface area contributed by atoms with Gasteiger partial charge >= 0.3 is 0 Å². The topological polar surface area (TPSA) is 58.1 Å².